The summed E-state index contributed by atoms with van der Waals surface area (Å²) in [5.74, 6) is 2.06. The van der Waals surface area contributed by atoms with E-state index >= 15 is 0 Å². The van der Waals surface area contributed by atoms with Crippen molar-refractivity contribution in [2.24, 2.45) is 5.92 Å². The Morgan fingerprint density at radius 1 is 1.24 bits per heavy atom. The average Bonchev–Trinajstić information content (AvgIpc) is 3.24. The molecule has 2 saturated heterocycles. The van der Waals surface area contributed by atoms with Crippen molar-refractivity contribution >= 4 is 5.91 Å². The summed E-state index contributed by atoms with van der Waals surface area (Å²) in [6.07, 6.45) is 3.07. The van der Waals surface area contributed by atoms with E-state index in [1.165, 1.54) is 0 Å². The fourth-order valence-electron chi connectivity index (χ4n) is 3.60. The normalized spacial score (nSPS) is 27.3. The maximum atomic E-state index is 12.7. The lowest BCUT2D eigenvalue weighted by Crippen LogP contribution is -2.36. The van der Waals surface area contributed by atoms with E-state index in [1.54, 1.807) is 0 Å². The number of carbonyl (C=O) groups is 1. The minimum atomic E-state index is 0.152. The summed E-state index contributed by atoms with van der Waals surface area (Å²) in [6.45, 7) is 2.94. The predicted molar refractivity (Wildman–Crippen MR) is 77.2 cm³/mol. The molecule has 2 atom stereocenters. The maximum Gasteiger partial charge on any atom is 0.231 e. The Morgan fingerprint density at radius 2 is 2.14 bits per heavy atom. The first-order valence-corrected chi connectivity index (χ1v) is 7.73. The van der Waals surface area contributed by atoms with Gasteiger partial charge < -0.3 is 19.7 Å². The van der Waals surface area contributed by atoms with Crippen LogP contribution in [-0.4, -0.2) is 37.2 Å². The van der Waals surface area contributed by atoms with Gasteiger partial charge in [0.05, 0.1) is 12.0 Å². The van der Waals surface area contributed by atoms with Crippen LogP contribution in [0.2, 0.25) is 0 Å². The number of ether oxygens (including phenoxy) is 2. The third kappa shape index (κ3) is 2.25. The molecule has 1 N–H and O–H groups in total. The highest BCUT2D eigenvalue weighted by molar-refractivity contribution is 5.80. The Labute approximate surface area is 124 Å². The average molecular weight is 288 g/mol. The topological polar surface area (TPSA) is 50.8 Å². The molecule has 3 aliphatic heterocycles. The van der Waals surface area contributed by atoms with E-state index in [1.807, 2.05) is 12.1 Å². The van der Waals surface area contributed by atoms with Gasteiger partial charge in [0.2, 0.25) is 12.7 Å². The summed E-state index contributed by atoms with van der Waals surface area (Å²) in [7, 11) is 0. The zero-order valence-electron chi connectivity index (χ0n) is 12.0. The fraction of sp³-hybridized carbons (Fsp3) is 0.562. The van der Waals surface area contributed by atoms with Crippen LogP contribution in [0.15, 0.2) is 18.2 Å². The summed E-state index contributed by atoms with van der Waals surface area (Å²) in [5.41, 5.74) is 1.16. The van der Waals surface area contributed by atoms with Crippen LogP contribution in [0.25, 0.3) is 0 Å². The molecule has 2 unspecified atom stereocenters. The molecule has 3 heterocycles. The Hall–Kier alpha value is -1.75. The van der Waals surface area contributed by atoms with Crippen LogP contribution in [0.3, 0.4) is 0 Å². The summed E-state index contributed by atoms with van der Waals surface area (Å²) in [4.78, 5) is 14.8. The molecule has 0 aliphatic carbocycles. The molecule has 2 fully saturated rings. The zero-order valence-corrected chi connectivity index (χ0v) is 12.0. The molecule has 3 aliphatic rings. The van der Waals surface area contributed by atoms with Crippen molar-refractivity contribution in [3.63, 3.8) is 0 Å². The second-order valence-electron chi connectivity index (χ2n) is 5.99. The molecule has 0 spiro atoms. The zero-order chi connectivity index (χ0) is 14.2. The van der Waals surface area contributed by atoms with Crippen LogP contribution >= 0.6 is 0 Å². The first kappa shape index (κ1) is 13.0. The van der Waals surface area contributed by atoms with Gasteiger partial charge in [-0.1, -0.05) is 6.07 Å². The minimum Gasteiger partial charge on any atom is -0.454 e. The van der Waals surface area contributed by atoms with E-state index in [-0.39, 0.29) is 12.0 Å². The number of nitrogens with one attached hydrogen (secondary N) is 1. The third-order valence-corrected chi connectivity index (χ3v) is 4.73. The number of hydrogen-bond donors (Lipinski definition) is 1. The standard InChI is InChI=1S/C16H20N2O3/c19-16(12-5-6-17-9-12)18-7-1-2-13(18)11-3-4-14-15(8-11)21-10-20-14/h3-4,8,12-13,17H,1-2,5-7,9-10H2. The molecular weight excluding hydrogens is 268 g/mol. The Balaban J connectivity index is 1.57. The minimum absolute atomic E-state index is 0.152. The van der Waals surface area contributed by atoms with Crippen LogP contribution in [0.4, 0.5) is 0 Å². The molecule has 112 valence electrons. The second-order valence-corrected chi connectivity index (χ2v) is 5.99. The summed E-state index contributed by atoms with van der Waals surface area (Å²) in [6, 6.07) is 6.24. The number of rotatable bonds is 2. The van der Waals surface area contributed by atoms with Crippen molar-refractivity contribution in [3.8, 4) is 11.5 Å². The first-order valence-electron chi connectivity index (χ1n) is 7.73. The molecule has 5 nitrogen and oxygen atoms in total. The van der Waals surface area contributed by atoms with Crippen LogP contribution in [0, 0.1) is 5.92 Å². The lowest BCUT2D eigenvalue weighted by Gasteiger charge is -2.27. The number of benzene rings is 1. The van der Waals surface area contributed by atoms with Gasteiger partial charge in [-0.25, -0.2) is 0 Å². The molecule has 0 radical (unpaired) electrons. The SMILES string of the molecule is O=C(C1CCNC1)N1CCCC1c1ccc2c(c1)OCO2. The maximum absolute atomic E-state index is 12.7. The van der Waals surface area contributed by atoms with Crippen molar-refractivity contribution in [2.45, 2.75) is 25.3 Å². The highest BCUT2D eigenvalue weighted by atomic mass is 16.7. The predicted octanol–water partition coefficient (Wildman–Crippen LogP) is 1.69. The number of carbonyl (C=O) groups excluding carboxylic acids is 1. The van der Waals surface area contributed by atoms with Crippen LogP contribution in [0.5, 0.6) is 11.5 Å². The van der Waals surface area contributed by atoms with Crippen molar-refractivity contribution in [2.75, 3.05) is 26.4 Å². The van der Waals surface area contributed by atoms with Gasteiger partial charge in [-0.2, -0.15) is 0 Å². The monoisotopic (exact) mass is 288 g/mol. The first-order chi connectivity index (χ1) is 10.3. The Morgan fingerprint density at radius 3 is 3.00 bits per heavy atom. The fourth-order valence-corrected chi connectivity index (χ4v) is 3.60. The molecule has 0 aromatic heterocycles. The van der Waals surface area contributed by atoms with Crippen LogP contribution < -0.4 is 14.8 Å². The van der Waals surface area contributed by atoms with E-state index in [9.17, 15) is 4.79 Å². The number of hydrogen-bond acceptors (Lipinski definition) is 4. The van der Waals surface area contributed by atoms with Gasteiger partial charge in [0.1, 0.15) is 0 Å². The highest BCUT2D eigenvalue weighted by Crippen LogP contribution is 2.39. The number of nitrogens with zero attached hydrogens (tertiary/aromatic N) is 1. The van der Waals surface area contributed by atoms with Crippen molar-refractivity contribution in [1.29, 1.82) is 0 Å². The van der Waals surface area contributed by atoms with E-state index in [2.05, 4.69) is 16.3 Å². The largest absolute Gasteiger partial charge is 0.454 e. The number of likely N-dealkylation sites (tertiary alicyclic amines) is 1. The van der Waals surface area contributed by atoms with Gasteiger partial charge in [-0.3, -0.25) is 4.79 Å². The molecule has 1 aromatic rings. The van der Waals surface area contributed by atoms with E-state index < -0.39 is 0 Å². The van der Waals surface area contributed by atoms with Crippen molar-refractivity contribution in [3.05, 3.63) is 23.8 Å². The quantitative estimate of drug-likeness (QED) is 0.900. The van der Waals surface area contributed by atoms with Gasteiger partial charge in [0.25, 0.3) is 0 Å². The van der Waals surface area contributed by atoms with Crippen molar-refractivity contribution in [1.82, 2.24) is 10.2 Å². The second kappa shape index (κ2) is 5.22. The van der Waals surface area contributed by atoms with Gasteiger partial charge in [-0.05, 0) is 43.5 Å². The molecule has 0 saturated carbocycles. The van der Waals surface area contributed by atoms with E-state index in [4.69, 9.17) is 9.47 Å². The van der Waals surface area contributed by atoms with Crippen LogP contribution in [0.1, 0.15) is 30.9 Å². The Kier molecular flexibility index (Phi) is 3.22. The molecule has 4 rings (SSSR count). The van der Waals surface area contributed by atoms with Gasteiger partial charge in [0, 0.05) is 13.1 Å². The molecule has 1 aromatic carbocycles. The third-order valence-electron chi connectivity index (χ3n) is 4.73. The lowest BCUT2D eigenvalue weighted by molar-refractivity contribution is -0.135. The molecule has 21 heavy (non-hydrogen) atoms. The molecular formula is C16H20N2O3. The molecule has 1 amide bonds. The smallest absolute Gasteiger partial charge is 0.231 e. The van der Waals surface area contributed by atoms with Gasteiger partial charge >= 0.3 is 0 Å². The van der Waals surface area contributed by atoms with Gasteiger partial charge in [-0.15, -0.1) is 0 Å². The molecule has 0 bridgehead atoms. The van der Waals surface area contributed by atoms with Crippen LogP contribution in [-0.2, 0) is 4.79 Å². The Bertz CT molecular complexity index is 554. The number of fused-ring (bicyclic) bond motifs is 1. The summed E-state index contributed by atoms with van der Waals surface area (Å²) in [5, 5.41) is 3.28. The van der Waals surface area contributed by atoms with E-state index in [0.717, 1.165) is 56.0 Å². The van der Waals surface area contributed by atoms with Crippen molar-refractivity contribution < 1.29 is 14.3 Å². The lowest BCUT2D eigenvalue weighted by atomic mass is 10.0. The number of amides is 1. The van der Waals surface area contributed by atoms with E-state index in [0.29, 0.717) is 12.7 Å². The molecule has 5 heteroatoms. The summed E-state index contributed by atoms with van der Waals surface area (Å²) >= 11 is 0. The van der Waals surface area contributed by atoms with Gasteiger partial charge in [0.15, 0.2) is 11.5 Å². The summed E-state index contributed by atoms with van der Waals surface area (Å²) < 4.78 is 10.8. The highest BCUT2D eigenvalue weighted by Gasteiger charge is 2.35.